The molecule has 0 aromatic carbocycles. The van der Waals surface area contributed by atoms with Crippen molar-refractivity contribution in [3.8, 4) is 0 Å². The van der Waals surface area contributed by atoms with Gasteiger partial charge in [0.25, 0.3) is 0 Å². The molecule has 4 nitrogen and oxygen atoms in total. The smallest absolute Gasteiger partial charge is 0.726 e. The Bertz CT molecular complexity index is 307. The van der Waals surface area contributed by atoms with Crippen molar-refractivity contribution in [1.29, 1.82) is 0 Å². The van der Waals surface area contributed by atoms with E-state index in [2.05, 4.69) is 11.1 Å². The zero-order chi connectivity index (χ0) is 15.3. The molecular weight excluding hydrogens is 299 g/mol. The molecule has 0 rings (SSSR count). The molecule has 122 valence electrons. The molecule has 0 aliphatic heterocycles. The molecule has 1 unspecified atom stereocenters. The van der Waals surface area contributed by atoms with Gasteiger partial charge in [-0.15, -0.1) is 0 Å². The predicted octanol–water partition coefficient (Wildman–Crippen LogP) is 1.56. The Morgan fingerprint density at radius 2 is 1.24 bits per heavy atom. The molecule has 0 spiro atoms. The maximum atomic E-state index is 10.7. The second-order valence-electron chi connectivity index (χ2n) is 5.53. The molecule has 0 amide bonds. The third kappa shape index (κ3) is 18.8. The molecule has 0 aromatic heterocycles. The fraction of sp³-hybridized carbons (Fsp3) is 1.00. The van der Waals surface area contributed by atoms with Gasteiger partial charge in [0.2, 0.25) is 10.4 Å². The summed E-state index contributed by atoms with van der Waals surface area (Å²) < 4.78 is 36.6. The summed E-state index contributed by atoms with van der Waals surface area (Å²) in [4.78, 5) is 0. The van der Waals surface area contributed by atoms with E-state index in [1.54, 1.807) is 0 Å². The van der Waals surface area contributed by atoms with Crippen LogP contribution in [0.15, 0.2) is 0 Å². The van der Waals surface area contributed by atoms with E-state index in [1.165, 1.54) is 38.5 Å². The largest absolute Gasteiger partial charge is 1.00 e. The van der Waals surface area contributed by atoms with Crippen LogP contribution in [0.4, 0.5) is 0 Å². The van der Waals surface area contributed by atoms with Crippen molar-refractivity contribution in [2.24, 2.45) is 0 Å². The standard InChI is InChI=1S/C15H32O4S.Na/c1-3-5-7-8-9-10-11-12-14-15(13-6-4-2)19-20(16,17)18;/h15H,3-14H2,1-2H3,(H,16,17,18);/q;+1/p-1. The van der Waals surface area contributed by atoms with E-state index in [0.29, 0.717) is 12.8 Å². The Balaban J connectivity index is 0. The van der Waals surface area contributed by atoms with Gasteiger partial charge in [-0.25, -0.2) is 8.42 Å². The van der Waals surface area contributed by atoms with Crippen LogP contribution in [0.5, 0.6) is 0 Å². The van der Waals surface area contributed by atoms with Gasteiger partial charge in [0, 0.05) is 0 Å². The van der Waals surface area contributed by atoms with Crippen LogP contribution in [-0.4, -0.2) is 19.1 Å². The molecule has 0 aromatic rings. The van der Waals surface area contributed by atoms with Crippen molar-refractivity contribution in [3.05, 3.63) is 0 Å². The molecule has 0 bridgehead atoms. The summed E-state index contributed by atoms with van der Waals surface area (Å²) >= 11 is 0. The van der Waals surface area contributed by atoms with Gasteiger partial charge in [0.05, 0.1) is 6.10 Å². The molecule has 6 heteroatoms. The van der Waals surface area contributed by atoms with Gasteiger partial charge in [0.1, 0.15) is 0 Å². The third-order valence-corrected chi connectivity index (χ3v) is 4.02. The van der Waals surface area contributed by atoms with E-state index < -0.39 is 16.5 Å². The van der Waals surface area contributed by atoms with E-state index >= 15 is 0 Å². The summed E-state index contributed by atoms with van der Waals surface area (Å²) in [6.45, 7) is 4.25. The minimum Gasteiger partial charge on any atom is -0.726 e. The van der Waals surface area contributed by atoms with Crippen molar-refractivity contribution in [2.75, 3.05) is 0 Å². The van der Waals surface area contributed by atoms with Crippen LogP contribution in [0.2, 0.25) is 0 Å². The molecule has 0 heterocycles. The van der Waals surface area contributed by atoms with Crippen LogP contribution in [0, 0.1) is 0 Å². The Morgan fingerprint density at radius 1 is 0.810 bits per heavy atom. The van der Waals surface area contributed by atoms with Crippen molar-refractivity contribution in [3.63, 3.8) is 0 Å². The maximum Gasteiger partial charge on any atom is 1.00 e. The van der Waals surface area contributed by atoms with Crippen molar-refractivity contribution < 1.29 is 46.7 Å². The maximum absolute atomic E-state index is 10.7. The average Bonchev–Trinajstić information content (AvgIpc) is 2.37. The number of hydrogen-bond acceptors (Lipinski definition) is 4. The average molecular weight is 330 g/mol. The summed E-state index contributed by atoms with van der Waals surface area (Å²) in [6, 6.07) is 0. The van der Waals surface area contributed by atoms with Crippen molar-refractivity contribution in [1.82, 2.24) is 0 Å². The topological polar surface area (TPSA) is 66.4 Å². The van der Waals surface area contributed by atoms with Gasteiger partial charge in [0.15, 0.2) is 0 Å². The van der Waals surface area contributed by atoms with Gasteiger partial charge >= 0.3 is 29.6 Å². The minimum absolute atomic E-state index is 0. The zero-order valence-corrected chi connectivity index (χ0v) is 16.9. The molecule has 0 aliphatic carbocycles. The third-order valence-electron chi connectivity index (χ3n) is 3.51. The molecule has 0 saturated heterocycles. The van der Waals surface area contributed by atoms with Crippen LogP contribution in [-0.2, 0) is 14.6 Å². The summed E-state index contributed by atoms with van der Waals surface area (Å²) in [5.41, 5.74) is 0. The van der Waals surface area contributed by atoms with E-state index in [1.807, 2.05) is 6.92 Å². The van der Waals surface area contributed by atoms with E-state index in [4.69, 9.17) is 0 Å². The zero-order valence-electron chi connectivity index (χ0n) is 14.1. The summed E-state index contributed by atoms with van der Waals surface area (Å²) in [6.07, 6.45) is 12.5. The first kappa shape index (κ1) is 24.1. The van der Waals surface area contributed by atoms with Gasteiger partial charge in [-0.2, -0.15) is 0 Å². The van der Waals surface area contributed by atoms with Crippen LogP contribution in [0.1, 0.15) is 90.9 Å². The second kappa shape index (κ2) is 15.8. The molecule has 0 N–H and O–H groups in total. The van der Waals surface area contributed by atoms with Crippen LogP contribution in [0.3, 0.4) is 0 Å². The second-order valence-corrected chi connectivity index (χ2v) is 6.54. The SMILES string of the molecule is CCCCCCCCCCC(CCCC)OS(=O)(=O)[O-].[Na+]. The molecule has 1 atom stereocenters. The van der Waals surface area contributed by atoms with E-state index in [-0.39, 0.29) is 29.6 Å². The fourth-order valence-electron chi connectivity index (χ4n) is 2.34. The summed E-state index contributed by atoms with van der Waals surface area (Å²) in [7, 11) is -4.56. The normalized spacial score (nSPS) is 12.9. The van der Waals surface area contributed by atoms with Crippen LogP contribution >= 0.6 is 0 Å². The first-order valence-corrected chi connectivity index (χ1v) is 9.47. The predicted molar refractivity (Wildman–Crippen MR) is 81.3 cm³/mol. The number of rotatable bonds is 14. The Morgan fingerprint density at radius 3 is 1.71 bits per heavy atom. The van der Waals surface area contributed by atoms with Gasteiger partial charge < -0.3 is 4.55 Å². The molecule has 21 heavy (non-hydrogen) atoms. The number of hydrogen-bond donors (Lipinski definition) is 0. The molecular formula is C15H31NaO4S. The first-order chi connectivity index (χ1) is 9.49. The van der Waals surface area contributed by atoms with Gasteiger partial charge in [-0.3, -0.25) is 4.18 Å². The Labute approximate surface area is 153 Å². The molecule has 0 saturated carbocycles. The van der Waals surface area contributed by atoms with Gasteiger partial charge in [-0.1, -0.05) is 78.1 Å². The molecule has 0 aliphatic rings. The van der Waals surface area contributed by atoms with E-state index in [0.717, 1.165) is 25.7 Å². The molecule has 0 fully saturated rings. The molecule has 0 radical (unpaired) electrons. The summed E-state index contributed by atoms with van der Waals surface area (Å²) in [5.74, 6) is 0. The Hall–Kier alpha value is 0.870. The minimum atomic E-state index is -4.56. The summed E-state index contributed by atoms with van der Waals surface area (Å²) in [5, 5.41) is 0. The number of unbranched alkanes of at least 4 members (excludes halogenated alkanes) is 8. The fourth-order valence-corrected chi connectivity index (χ4v) is 2.87. The van der Waals surface area contributed by atoms with Gasteiger partial charge in [-0.05, 0) is 12.8 Å². The monoisotopic (exact) mass is 330 g/mol. The van der Waals surface area contributed by atoms with E-state index in [9.17, 15) is 13.0 Å². The Kier molecular flexibility index (Phi) is 18.1. The van der Waals surface area contributed by atoms with Crippen molar-refractivity contribution >= 4 is 10.4 Å². The quantitative estimate of drug-likeness (QED) is 0.210. The van der Waals surface area contributed by atoms with Crippen LogP contribution < -0.4 is 29.6 Å². The van der Waals surface area contributed by atoms with Crippen LogP contribution in [0.25, 0.3) is 0 Å². The van der Waals surface area contributed by atoms with Crippen molar-refractivity contribution in [2.45, 2.75) is 97.0 Å². The first-order valence-electron chi connectivity index (χ1n) is 8.13.